The van der Waals surface area contributed by atoms with Crippen LogP contribution in [0.5, 0.6) is 0 Å². The molecule has 6 heteroatoms. The summed E-state index contributed by atoms with van der Waals surface area (Å²) < 4.78 is 40.5. The molecule has 1 N–H and O–H groups in total. The maximum atomic E-state index is 13.5. The third kappa shape index (κ3) is 4.29. The summed E-state index contributed by atoms with van der Waals surface area (Å²) in [5, 5.41) is 4.67. The molecule has 1 heterocycles. The number of nitrogens with one attached hydrogen (secondary N) is 1. The number of benzene rings is 1. The molecule has 1 fully saturated rings. The van der Waals surface area contributed by atoms with Crippen LogP contribution in [-0.2, 0) is 6.18 Å². The molecule has 0 aliphatic heterocycles. The number of carbonyl (C=O) groups is 1. The molecule has 2 aromatic rings. The first-order valence-corrected chi connectivity index (χ1v) is 9.80. The Kier molecular flexibility index (Phi) is 5.70. The second kappa shape index (κ2) is 7.82. The minimum absolute atomic E-state index is 0.0639. The summed E-state index contributed by atoms with van der Waals surface area (Å²) in [5.41, 5.74) is -0.480. The number of halogens is 3. The van der Waals surface area contributed by atoms with Gasteiger partial charge in [-0.15, -0.1) is 11.3 Å². The average molecular weight is 381 g/mol. The Morgan fingerprint density at radius 1 is 1.27 bits per heavy atom. The van der Waals surface area contributed by atoms with Crippen LogP contribution in [0.15, 0.2) is 41.8 Å². The van der Waals surface area contributed by atoms with Crippen molar-refractivity contribution < 1.29 is 18.0 Å². The molecule has 1 aliphatic rings. The fraction of sp³-hybridized carbons (Fsp3) is 0.450. The van der Waals surface area contributed by atoms with Gasteiger partial charge in [0.1, 0.15) is 0 Å². The van der Waals surface area contributed by atoms with Gasteiger partial charge >= 0.3 is 6.18 Å². The van der Waals surface area contributed by atoms with E-state index in [1.807, 2.05) is 0 Å². The van der Waals surface area contributed by atoms with Gasteiger partial charge in [-0.1, -0.05) is 50.5 Å². The summed E-state index contributed by atoms with van der Waals surface area (Å²) in [5.74, 6) is 0.141. The summed E-state index contributed by atoms with van der Waals surface area (Å²) >= 11 is 1.29. The van der Waals surface area contributed by atoms with E-state index in [0.29, 0.717) is 10.8 Å². The maximum absolute atomic E-state index is 13.5. The van der Waals surface area contributed by atoms with Gasteiger partial charge in [0, 0.05) is 0 Å². The van der Waals surface area contributed by atoms with Gasteiger partial charge in [-0.3, -0.25) is 4.79 Å². The van der Waals surface area contributed by atoms with E-state index in [1.165, 1.54) is 23.5 Å². The number of hydrogen-bond acceptors (Lipinski definition) is 2. The van der Waals surface area contributed by atoms with E-state index in [4.69, 9.17) is 0 Å². The van der Waals surface area contributed by atoms with E-state index in [1.54, 1.807) is 23.6 Å². The van der Waals surface area contributed by atoms with Gasteiger partial charge in [-0.05, 0) is 41.3 Å². The predicted octanol–water partition coefficient (Wildman–Crippen LogP) is 6.06. The highest BCUT2D eigenvalue weighted by molar-refractivity contribution is 7.12. The fourth-order valence-electron chi connectivity index (χ4n) is 3.54. The zero-order chi connectivity index (χ0) is 18.7. The van der Waals surface area contributed by atoms with Crippen LogP contribution in [0.2, 0.25) is 0 Å². The minimum Gasteiger partial charge on any atom is -0.344 e. The van der Waals surface area contributed by atoms with Crippen molar-refractivity contribution in [3.8, 4) is 0 Å². The van der Waals surface area contributed by atoms with Crippen molar-refractivity contribution in [2.24, 2.45) is 11.8 Å². The zero-order valence-corrected chi connectivity index (χ0v) is 15.4. The van der Waals surface area contributed by atoms with Crippen LogP contribution in [0.3, 0.4) is 0 Å². The van der Waals surface area contributed by atoms with Crippen LogP contribution >= 0.6 is 11.3 Å². The van der Waals surface area contributed by atoms with Crippen molar-refractivity contribution in [1.29, 1.82) is 0 Å². The largest absolute Gasteiger partial charge is 0.416 e. The summed E-state index contributed by atoms with van der Waals surface area (Å²) in [6.45, 7) is 2.10. The molecular weight excluding hydrogens is 359 g/mol. The van der Waals surface area contributed by atoms with E-state index >= 15 is 0 Å². The van der Waals surface area contributed by atoms with Gasteiger partial charge < -0.3 is 5.32 Å². The number of carbonyl (C=O) groups excluding carboxylic acids is 1. The van der Waals surface area contributed by atoms with Gasteiger partial charge in [0.15, 0.2) is 0 Å². The van der Waals surface area contributed by atoms with Crippen LogP contribution in [0, 0.1) is 11.8 Å². The first-order chi connectivity index (χ1) is 12.4. The molecule has 0 radical (unpaired) electrons. The van der Waals surface area contributed by atoms with Crippen molar-refractivity contribution >= 4 is 17.2 Å². The van der Waals surface area contributed by atoms with Crippen molar-refractivity contribution in [3.63, 3.8) is 0 Å². The van der Waals surface area contributed by atoms with Crippen molar-refractivity contribution in [3.05, 3.63) is 57.8 Å². The van der Waals surface area contributed by atoms with Crippen molar-refractivity contribution in [2.75, 3.05) is 0 Å². The third-order valence-corrected chi connectivity index (χ3v) is 5.84. The van der Waals surface area contributed by atoms with E-state index in [9.17, 15) is 18.0 Å². The SMILES string of the molecule is CCCC[C@@H]1C[C@H]1[C@@H](NC(=O)c1cccs1)c1ccccc1C(F)(F)F. The van der Waals surface area contributed by atoms with Crippen LogP contribution in [0.4, 0.5) is 13.2 Å². The second-order valence-corrected chi connectivity index (χ2v) is 7.76. The lowest BCUT2D eigenvalue weighted by molar-refractivity contribution is -0.138. The summed E-state index contributed by atoms with van der Waals surface area (Å²) in [4.78, 5) is 13.0. The molecule has 2 nitrogen and oxygen atoms in total. The lowest BCUT2D eigenvalue weighted by Gasteiger charge is -2.23. The lowest BCUT2D eigenvalue weighted by atomic mass is 9.94. The van der Waals surface area contributed by atoms with Crippen LogP contribution < -0.4 is 5.32 Å². The van der Waals surface area contributed by atoms with E-state index < -0.39 is 17.8 Å². The Labute approximate surface area is 155 Å². The molecule has 0 saturated heterocycles. The second-order valence-electron chi connectivity index (χ2n) is 6.82. The monoisotopic (exact) mass is 381 g/mol. The molecule has 140 valence electrons. The number of hydrogen-bond donors (Lipinski definition) is 1. The Balaban J connectivity index is 1.88. The van der Waals surface area contributed by atoms with Crippen LogP contribution in [0.1, 0.15) is 59.4 Å². The summed E-state index contributed by atoms with van der Waals surface area (Å²) in [6.07, 6.45) is -0.444. The molecular formula is C20H22F3NOS. The number of thiophene rings is 1. The summed E-state index contributed by atoms with van der Waals surface area (Å²) in [7, 11) is 0. The Morgan fingerprint density at radius 2 is 2.04 bits per heavy atom. The topological polar surface area (TPSA) is 29.1 Å². The average Bonchev–Trinajstić information content (AvgIpc) is 3.15. The molecule has 1 aliphatic carbocycles. The van der Waals surface area contributed by atoms with Crippen molar-refractivity contribution in [2.45, 2.75) is 44.8 Å². The smallest absolute Gasteiger partial charge is 0.344 e. The van der Waals surface area contributed by atoms with E-state index in [0.717, 1.165) is 31.7 Å². The number of unbranched alkanes of at least 4 members (excludes halogenated alkanes) is 1. The predicted molar refractivity (Wildman–Crippen MR) is 97.1 cm³/mol. The molecule has 3 atom stereocenters. The molecule has 26 heavy (non-hydrogen) atoms. The maximum Gasteiger partial charge on any atom is 0.416 e. The Morgan fingerprint density at radius 3 is 2.69 bits per heavy atom. The van der Waals surface area contributed by atoms with Crippen LogP contribution in [-0.4, -0.2) is 5.91 Å². The molecule has 1 aromatic carbocycles. The third-order valence-electron chi connectivity index (χ3n) is 4.97. The van der Waals surface area contributed by atoms with Gasteiger partial charge in [0.05, 0.1) is 16.5 Å². The highest BCUT2D eigenvalue weighted by Crippen LogP contribution is 2.51. The molecule has 0 spiro atoms. The normalized spacial score (nSPS) is 20.6. The van der Waals surface area contributed by atoms with Crippen molar-refractivity contribution in [1.82, 2.24) is 5.32 Å². The molecule has 0 bridgehead atoms. The summed E-state index contributed by atoms with van der Waals surface area (Å²) in [6, 6.07) is 8.45. The van der Waals surface area contributed by atoms with E-state index in [-0.39, 0.29) is 17.4 Å². The quantitative estimate of drug-likeness (QED) is 0.620. The Hall–Kier alpha value is -1.82. The fourth-order valence-corrected chi connectivity index (χ4v) is 4.17. The van der Waals surface area contributed by atoms with Gasteiger partial charge in [-0.2, -0.15) is 13.2 Å². The number of rotatable bonds is 7. The van der Waals surface area contributed by atoms with E-state index in [2.05, 4.69) is 12.2 Å². The highest BCUT2D eigenvalue weighted by Gasteiger charge is 2.46. The van der Waals surface area contributed by atoms with Gasteiger partial charge in [-0.25, -0.2) is 0 Å². The lowest BCUT2D eigenvalue weighted by Crippen LogP contribution is -2.31. The Bertz CT molecular complexity index is 742. The number of alkyl halides is 3. The molecule has 3 rings (SSSR count). The van der Waals surface area contributed by atoms with Crippen LogP contribution in [0.25, 0.3) is 0 Å². The molecule has 1 amide bonds. The minimum atomic E-state index is -4.43. The number of amides is 1. The molecule has 1 aromatic heterocycles. The highest BCUT2D eigenvalue weighted by atomic mass is 32.1. The van der Waals surface area contributed by atoms with Gasteiger partial charge in [0.25, 0.3) is 5.91 Å². The standard InChI is InChI=1S/C20H22F3NOS/c1-2-3-7-13-12-15(13)18(24-19(25)17-10-6-11-26-17)14-8-4-5-9-16(14)20(21,22)23/h4-6,8-11,13,15,18H,2-3,7,12H2,1H3,(H,24,25)/t13-,15-,18+/m1/s1. The zero-order valence-electron chi connectivity index (χ0n) is 14.6. The molecule has 0 unspecified atom stereocenters. The molecule has 1 saturated carbocycles. The first-order valence-electron chi connectivity index (χ1n) is 8.92. The first kappa shape index (κ1) is 19.0. The van der Waals surface area contributed by atoms with Gasteiger partial charge in [0.2, 0.25) is 0 Å².